The van der Waals surface area contributed by atoms with E-state index >= 15 is 0 Å². The predicted molar refractivity (Wildman–Crippen MR) is 78.8 cm³/mol. The van der Waals surface area contributed by atoms with Crippen LogP contribution in [0.25, 0.3) is 0 Å². The molecule has 0 aromatic carbocycles. The molecule has 0 amide bonds. The van der Waals surface area contributed by atoms with Crippen molar-refractivity contribution < 1.29 is 13.2 Å². The molecule has 0 spiro atoms. The smallest absolute Gasteiger partial charge is 0.282 e. The van der Waals surface area contributed by atoms with Gasteiger partial charge in [0.25, 0.3) is 10.2 Å². The Hall–Kier alpha value is -0.210. The van der Waals surface area contributed by atoms with Crippen LogP contribution in [0.2, 0.25) is 0 Å². The van der Waals surface area contributed by atoms with E-state index in [0.29, 0.717) is 26.2 Å². The molecular weight excluding hydrogens is 278 g/mol. The number of piperidine rings is 1. The topological polar surface area (TPSA) is 61.9 Å². The van der Waals surface area contributed by atoms with Crippen molar-refractivity contribution in [1.82, 2.24) is 13.9 Å². The van der Waals surface area contributed by atoms with Crippen molar-refractivity contribution in [2.45, 2.75) is 51.4 Å². The van der Waals surface area contributed by atoms with E-state index in [1.54, 1.807) is 8.61 Å². The van der Waals surface area contributed by atoms with Crippen LogP contribution in [-0.2, 0) is 14.9 Å². The lowest BCUT2D eigenvalue weighted by Gasteiger charge is -2.42. The van der Waals surface area contributed by atoms with Crippen molar-refractivity contribution >= 4 is 10.2 Å². The number of ether oxygens (including phenoxy) is 1. The highest BCUT2D eigenvalue weighted by atomic mass is 32.2. The lowest BCUT2D eigenvalue weighted by atomic mass is 9.91. The van der Waals surface area contributed by atoms with E-state index < -0.39 is 10.2 Å². The molecular formula is C13H27N3O3S. The van der Waals surface area contributed by atoms with Crippen LogP contribution >= 0.6 is 0 Å². The summed E-state index contributed by atoms with van der Waals surface area (Å²) in [7, 11) is -1.41. The fraction of sp³-hybridized carbons (Fsp3) is 1.00. The van der Waals surface area contributed by atoms with Crippen LogP contribution in [0.1, 0.15) is 33.6 Å². The highest BCUT2D eigenvalue weighted by molar-refractivity contribution is 7.86. The summed E-state index contributed by atoms with van der Waals surface area (Å²) in [4.78, 5) is 0. The van der Waals surface area contributed by atoms with Crippen molar-refractivity contribution in [3.05, 3.63) is 0 Å². The van der Waals surface area contributed by atoms with Crippen molar-refractivity contribution in [2.24, 2.45) is 0 Å². The first-order valence-corrected chi connectivity index (χ1v) is 8.76. The number of hydrogen-bond donors (Lipinski definition) is 1. The second-order valence-corrected chi connectivity index (χ2v) is 8.22. The van der Waals surface area contributed by atoms with E-state index in [2.05, 4.69) is 12.2 Å². The zero-order valence-corrected chi connectivity index (χ0v) is 13.7. The van der Waals surface area contributed by atoms with E-state index in [4.69, 9.17) is 4.74 Å². The summed E-state index contributed by atoms with van der Waals surface area (Å²) in [6.45, 7) is 8.06. The van der Waals surface area contributed by atoms with Gasteiger partial charge in [0.15, 0.2) is 0 Å². The summed E-state index contributed by atoms with van der Waals surface area (Å²) in [6, 6.07) is 0. The van der Waals surface area contributed by atoms with Gasteiger partial charge >= 0.3 is 0 Å². The minimum Gasteiger partial charge on any atom is -0.373 e. The second kappa shape index (κ2) is 5.88. The number of nitrogens with zero attached hydrogens (tertiary/aromatic N) is 2. The van der Waals surface area contributed by atoms with Crippen molar-refractivity contribution in [1.29, 1.82) is 0 Å². The van der Waals surface area contributed by atoms with Gasteiger partial charge in [-0.2, -0.15) is 17.0 Å². The SMILES string of the molecule is CNC1(C)CCN(S(=O)(=O)N2CC(C)OC(C)C2)CC1. The minimum absolute atomic E-state index is 0.0408. The summed E-state index contributed by atoms with van der Waals surface area (Å²) >= 11 is 0. The molecule has 2 unspecified atom stereocenters. The Morgan fingerprint density at radius 1 is 1.10 bits per heavy atom. The van der Waals surface area contributed by atoms with Crippen molar-refractivity contribution in [3.63, 3.8) is 0 Å². The van der Waals surface area contributed by atoms with Crippen LogP contribution in [0.5, 0.6) is 0 Å². The second-order valence-electron chi connectivity index (χ2n) is 6.29. The van der Waals surface area contributed by atoms with E-state index in [1.165, 1.54) is 0 Å². The third-order valence-electron chi connectivity index (χ3n) is 4.47. The molecule has 0 aromatic rings. The summed E-state index contributed by atoms with van der Waals surface area (Å²) in [5.74, 6) is 0. The highest BCUT2D eigenvalue weighted by Crippen LogP contribution is 2.25. The molecule has 1 N–H and O–H groups in total. The normalized spacial score (nSPS) is 33.2. The highest BCUT2D eigenvalue weighted by Gasteiger charge is 2.39. The van der Waals surface area contributed by atoms with Gasteiger partial charge in [-0.3, -0.25) is 0 Å². The maximum atomic E-state index is 12.7. The first kappa shape index (κ1) is 16.2. The first-order valence-electron chi connectivity index (χ1n) is 7.36. The van der Waals surface area contributed by atoms with Crippen LogP contribution in [0.4, 0.5) is 0 Å². The predicted octanol–water partition coefficient (Wildman–Crippen LogP) is 0.414. The van der Waals surface area contributed by atoms with Crippen molar-refractivity contribution in [3.8, 4) is 0 Å². The Kier molecular flexibility index (Phi) is 4.76. The molecule has 7 heteroatoms. The van der Waals surface area contributed by atoms with Crippen LogP contribution < -0.4 is 5.32 Å². The number of rotatable bonds is 3. The first-order chi connectivity index (χ1) is 9.27. The molecule has 2 rings (SSSR count). The van der Waals surface area contributed by atoms with Gasteiger partial charge in [-0.05, 0) is 40.7 Å². The molecule has 2 aliphatic rings. The Bertz CT molecular complexity index is 422. The van der Waals surface area contributed by atoms with Crippen LogP contribution in [0.15, 0.2) is 0 Å². The van der Waals surface area contributed by atoms with E-state index in [1.807, 2.05) is 20.9 Å². The number of morpholine rings is 1. The average Bonchev–Trinajstić information content (AvgIpc) is 2.38. The third kappa shape index (κ3) is 3.33. The Labute approximate surface area is 122 Å². The monoisotopic (exact) mass is 305 g/mol. The quantitative estimate of drug-likeness (QED) is 0.820. The van der Waals surface area contributed by atoms with Gasteiger partial charge in [0.1, 0.15) is 0 Å². The van der Waals surface area contributed by atoms with Gasteiger partial charge in [-0.15, -0.1) is 0 Å². The van der Waals surface area contributed by atoms with Crippen LogP contribution in [-0.4, -0.2) is 68.0 Å². The molecule has 0 bridgehead atoms. The van der Waals surface area contributed by atoms with Gasteiger partial charge < -0.3 is 10.1 Å². The van der Waals surface area contributed by atoms with Crippen LogP contribution in [0.3, 0.4) is 0 Å². The lowest BCUT2D eigenvalue weighted by molar-refractivity contribution is -0.0457. The molecule has 2 heterocycles. The maximum Gasteiger partial charge on any atom is 0.282 e. The standard InChI is InChI=1S/C13H27N3O3S/c1-11-9-16(10-12(2)19-11)20(17,18)15-7-5-13(3,14-4)6-8-15/h11-12,14H,5-10H2,1-4H3. The van der Waals surface area contributed by atoms with Crippen molar-refractivity contribution in [2.75, 3.05) is 33.2 Å². The average molecular weight is 305 g/mol. The molecule has 2 aliphatic heterocycles. The Morgan fingerprint density at radius 3 is 2.05 bits per heavy atom. The number of nitrogens with one attached hydrogen (secondary N) is 1. The zero-order valence-electron chi connectivity index (χ0n) is 12.9. The Balaban J connectivity index is 2.04. The molecule has 0 aliphatic carbocycles. The Morgan fingerprint density at radius 2 is 1.60 bits per heavy atom. The number of hydrogen-bond acceptors (Lipinski definition) is 4. The van der Waals surface area contributed by atoms with Gasteiger partial charge in [0.2, 0.25) is 0 Å². The summed E-state index contributed by atoms with van der Waals surface area (Å²) in [6.07, 6.45) is 1.61. The van der Waals surface area contributed by atoms with Crippen LogP contribution in [0, 0.1) is 0 Å². The van der Waals surface area contributed by atoms with Gasteiger partial charge in [-0.1, -0.05) is 0 Å². The van der Waals surface area contributed by atoms with E-state index in [-0.39, 0.29) is 17.7 Å². The minimum atomic E-state index is -3.35. The molecule has 2 fully saturated rings. The molecule has 2 atom stereocenters. The summed E-state index contributed by atoms with van der Waals surface area (Å²) in [5.41, 5.74) is 0.0532. The third-order valence-corrected chi connectivity index (χ3v) is 6.44. The van der Waals surface area contributed by atoms with Gasteiger partial charge in [0.05, 0.1) is 12.2 Å². The van der Waals surface area contributed by atoms with Gasteiger partial charge in [-0.25, -0.2) is 0 Å². The molecule has 20 heavy (non-hydrogen) atoms. The lowest BCUT2D eigenvalue weighted by Crippen LogP contribution is -2.57. The molecule has 2 saturated heterocycles. The fourth-order valence-corrected chi connectivity index (χ4v) is 4.71. The molecule has 118 valence electrons. The summed E-state index contributed by atoms with van der Waals surface area (Å²) in [5, 5.41) is 3.29. The summed E-state index contributed by atoms with van der Waals surface area (Å²) < 4.78 is 34.2. The molecule has 0 saturated carbocycles. The van der Waals surface area contributed by atoms with Gasteiger partial charge in [0, 0.05) is 31.7 Å². The van der Waals surface area contributed by atoms with E-state index in [9.17, 15) is 8.42 Å². The molecule has 0 aromatic heterocycles. The maximum absolute atomic E-state index is 12.7. The van der Waals surface area contributed by atoms with E-state index in [0.717, 1.165) is 12.8 Å². The molecule has 6 nitrogen and oxygen atoms in total. The largest absolute Gasteiger partial charge is 0.373 e. The zero-order chi connectivity index (χ0) is 15.0. The molecule has 0 radical (unpaired) electrons. The fourth-order valence-electron chi connectivity index (χ4n) is 2.94.